The van der Waals surface area contributed by atoms with Gasteiger partial charge in [0.1, 0.15) is 0 Å². The molecule has 0 atom stereocenters. The Hall–Kier alpha value is -1.81. The second-order valence-electron chi connectivity index (χ2n) is 5.55. The highest BCUT2D eigenvalue weighted by molar-refractivity contribution is 6.30. The van der Waals surface area contributed by atoms with Crippen LogP contribution in [0.2, 0.25) is 5.02 Å². The summed E-state index contributed by atoms with van der Waals surface area (Å²) in [5.41, 5.74) is 1.51. The Morgan fingerprint density at radius 1 is 1.25 bits per heavy atom. The van der Waals surface area contributed by atoms with E-state index in [9.17, 15) is 5.11 Å². The van der Waals surface area contributed by atoms with Crippen molar-refractivity contribution in [3.05, 3.63) is 35.0 Å². The molecule has 0 fully saturated rings. The van der Waals surface area contributed by atoms with Crippen molar-refractivity contribution >= 4 is 17.3 Å². The van der Waals surface area contributed by atoms with Crippen LogP contribution < -0.4 is 0 Å². The lowest BCUT2D eigenvalue weighted by Gasteiger charge is -2.12. The number of rotatable bonds is 2. The summed E-state index contributed by atoms with van der Waals surface area (Å²) >= 11 is 5.84. The van der Waals surface area contributed by atoms with Crippen LogP contribution in [0, 0.1) is 0 Å². The molecule has 0 aliphatic rings. The van der Waals surface area contributed by atoms with Crippen LogP contribution in [0.15, 0.2) is 33.7 Å². The van der Waals surface area contributed by atoms with Crippen LogP contribution in [0.1, 0.15) is 33.4 Å². The van der Waals surface area contributed by atoms with Crippen molar-refractivity contribution in [3.8, 4) is 17.4 Å². The fourth-order valence-corrected chi connectivity index (χ4v) is 1.95. The zero-order chi connectivity index (χ0) is 14.9. The quantitative estimate of drug-likeness (QED) is 0.839. The van der Waals surface area contributed by atoms with E-state index in [1.54, 1.807) is 31.2 Å². The number of aromatic nitrogens is 1. The second kappa shape index (κ2) is 5.29. The van der Waals surface area contributed by atoms with E-state index >= 15 is 0 Å². The van der Waals surface area contributed by atoms with Gasteiger partial charge in [0.15, 0.2) is 5.69 Å². The van der Waals surface area contributed by atoms with Crippen LogP contribution in [0.3, 0.4) is 0 Å². The highest BCUT2D eigenvalue weighted by atomic mass is 35.5. The molecule has 0 aliphatic heterocycles. The molecule has 0 saturated heterocycles. The van der Waals surface area contributed by atoms with Gasteiger partial charge in [-0.1, -0.05) is 11.6 Å². The number of nitrogens with zero attached hydrogens (tertiary/aromatic N) is 2. The van der Waals surface area contributed by atoms with Gasteiger partial charge in [-0.3, -0.25) is 4.99 Å². The van der Waals surface area contributed by atoms with Gasteiger partial charge in [-0.15, -0.1) is 0 Å². The third-order valence-electron chi connectivity index (χ3n) is 2.55. The Kier molecular flexibility index (Phi) is 3.86. The molecular weight excluding hydrogens is 276 g/mol. The number of aromatic hydroxyl groups is 1. The lowest BCUT2D eigenvalue weighted by molar-refractivity contribution is 0.336. The minimum atomic E-state index is -0.240. The molecule has 106 valence electrons. The summed E-state index contributed by atoms with van der Waals surface area (Å²) in [7, 11) is 0. The van der Waals surface area contributed by atoms with E-state index in [-0.39, 0.29) is 11.5 Å². The van der Waals surface area contributed by atoms with Gasteiger partial charge in [0.05, 0.1) is 11.3 Å². The molecule has 0 unspecified atom stereocenters. The van der Waals surface area contributed by atoms with E-state index in [0.717, 1.165) is 5.56 Å². The smallest absolute Gasteiger partial charge is 0.312 e. The average molecular weight is 293 g/mol. The first-order chi connectivity index (χ1) is 9.26. The zero-order valence-electron chi connectivity index (χ0n) is 11.9. The van der Waals surface area contributed by atoms with Gasteiger partial charge < -0.3 is 9.52 Å². The molecule has 0 radical (unpaired) electrons. The van der Waals surface area contributed by atoms with Crippen LogP contribution in [-0.4, -0.2) is 21.3 Å². The fourth-order valence-electron chi connectivity index (χ4n) is 1.82. The van der Waals surface area contributed by atoms with Gasteiger partial charge in [-0.25, -0.2) is 4.98 Å². The van der Waals surface area contributed by atoms with Crippen molar-refractivity contribution < 1.29 is 9.52 Å². The summed E-state index contributed by atoms with van der Waals surface area (Å²) in [5.74, 6) is 0.123. The normalized spacial score (nSPS) is 12.8. The fraction of sp³-hybridized carbons (Fsp3) is 0.333. The lowest BCUT2D eigenvalue weighted by atomic mass is 10.1. The van der Waals surface area contributed by atoms with Gasteiger partial charge in [-0.2, -0.15) is 0 Å². The number of benzene rings is 1. The first-order valence-electron chi connectivity index (χ1n) is 6.29. The summed E-state index contributed by atoms with van der Waals surface area (Å²) in [5, 5.41) is 10.5. The lowest BCUT2D eigenvalue weighted by Crippen LogP contribution is -2.13. The van der Waals surface area contributed by atoms with Crippen LogP contribution >= 0.6 is 11.6 Å². The van der Waals surface area contributed by atoms with Crippen molar-refractivity contribution in [2.75, 3.05) is 0 Å². The monoisotopic (exact) mass is 292 g/mol. The third kappa shape index (κ3) is 3.39. The molecule has 1 heterocycles. The van der Waals surface area contributed by atoms with Crippen LogP contribution in [0.4, 0.5) is 0 Å². The van der Waals surface area contributed by atoms with Gasteiger partial charge in [0, 0.05) is 10.6 Å². The number of oxazole rings is 1. The summed E-state index contributed by atoms with van der Waals surface area (Å²) in [6.07, 6.45) is 0. The van der Waals surface area contributed by atoms with E-state index in [1.807, 2.05) is 20.8 Å². The molecule has 2 rings (SSSR count). The second-order valence-corrected chi connectivity index (χ2v) is 5.98. The van der Waals surface area contributed by atoms with Crippen molar-refractivity contribution in [1.29, 1.82) is 0 Å². The van der Waals surface area contributed by atoms with Crippen molar-refractivity contribution in [3.63, 3.8) is 0 Å². The molecule has 2 aromatic rings. The molecule has 5 heteroatoms. The van der Waals surface area contributed by atoms with Crippen molar-refractivity contribution in [2.45, 2.75) is 33.2 Å². The molecule has 20 heavy (non-hydrogen) atoms. The molecule has 1 N–H and O–H groups in total. The molecule has 4 nitrogen and oxygen atoms in total. The molecular formula is C15H17ClN2O2. The van der Waals surface area contributed by atoms with Gasteiger partial charge in [0.2, 0.25) is 5.89 Å². The minimum absolute atomic E-state index is 0.222. The maximum atomic E-state index is 9.88. The number of halogens is 1. The first-order valence-corrected chi connectivity index (χ1v) is 6.66. The van der Waals surface area contributed by atoms with E-state index in [4.69, 9.17) is 16.0 Å². The Morgan fingerprint density at radius 3 is 2.40 bits per heavy atom. The van der Waals surface area contributed by atoms with E-state index in [0.29, 0.717) is 22.3 Å². The van der Waals surface area contributed by atoms with Crippen molar-refractivity contribution in [1.82, 2.24) is 4.98 Å². The predicted molar refractivity (Wildman–Crippen MR) is 80.6 cm³/mol. The zero-order valence-corrected chi connectivity index (χ0v) is 12.7. The maximum Gasteiger partial charge on any atom is 0.312 e. The van der Waals surface area contributed by atoms with Gasteiger partial charge >= 0.3 is 5.95 Å². The summed E-state index contributed by atoms with van der Waals surface area (Å²) in [6.45, 7) is 7.74. The predicted octanol–water partition coefficient (Wildman–Crippen LogP) is 4.31. The Labute approximate surface area is 123 Å². The molecule has 0 spiro atoms. The SMILES string of the molecule is CC(=NC(C)(C)C)c1nc(-c2ccc(Cl)cc2)oc1O. The van der Waals surface area contributed by atoms with E-state index in [2.05, 4.69) is 9.98 Å². The largest absolute Gasteiger partial charge is 0.479 e. The van der Waals surface area contributed by atoms with Gasteiger partial charge in [-0.05, 0) is 52.0 Å². The highest BCUT2D eigenvalue weighted by Crippen LogP contribution is 2.28. The van der Waals surface area contributed by atoms with Crippen LogP contribution in [0.25, 0.3) is 11.5 Å². The average Bonchev–Trinajstić information content (AvgIpc) is 2.70. The first kappa shape index (κ1) is 14.6. The third-order valence-corrected chi connectivity index (χ3v) is 2.80. The maximum absolute atomic E-state index is 9.88. The molecule has 0 aliphatic carbocycles. The molecule has 1 aromatic heterocycles. The molecule has 0 amide bonds. The summed E-state index contributed by atoms with van der Waals surface area (Å²) in [4.78, 5) is 8.78. The van der Waals surface area contributed by atoms with E-state index < -0.39 is 0 Å². The van der Waals surface area contributed by atoms with Gasteiger partial charge in [0.25, 0.3) is 0 Å². The Bertz CT molecular complexity index is 637. The number of hydrogen-bond donors (Lipinski definition) is 1. The topological polar surface area (TPSA) is 58.6 Å². The highest BCUT2D eigenvalue weighted by Gasteiger charge is 2.18. The molecule has 0 saturated carbocycles. The van der Waals surface area contributed by atoms with Crippen molar-refractivity contribution in [2.24, 2.45) is 4.99 Å². The molecule has 0 bridgehead atoms. The number of hydrogen-bond acceptors (Lipinski definition) is 4. The standard InChI is InChI=1S/C15H17ClN2O2/c1-9(18-15(2,3)4)12-14(19)20-13(17-12)10-5-7-11(16)8-6-10/h5-8,19H,1-4H3. The molecule has 1 aromatic carbocycles. The number of aliphatic imine (C=N–C) groups is 1. The van der Waals surface area contributed by atoms with E-state index in [1.165, 1.54) is 0 Å². The van der Waals surface area contributed by atoms with Crippen LogP contribution in [0.5, 0.6) is 5.95 Å². The Balaban J connectivity index is 2.40. The summed E-state index contributed by atoms with van der Waals surface area (Å²) in [6, 6.07) is 7.06. The summed E-state index contributed by atoms with van der Waals surface area (Å²) < 4.78 is 5.30. The minimum Gasteiger partial charge on any atom is -0.479 e. The Morgan fingerprint density at radius 2 is 1.85 bits per heavy atom. The van der Waals surface area contributed by atoms with Crippen LogP contribution in [-0.2, 0) is 0 Å².